The van der Waals surface area contributed by atoms with Gasteiger partial charge in [0.05, 0.1) is 11.5 Å². The number of hydrogen-bond donors (Lipinski definition) is 2. The second-order valence-electron chi connectivity index (χ2n) is 4.46. The van der Waals surface area contributed by atoms with Gasteiger partial charge in [0.15, 0.2) is 0 Å². The molecule has 1 aliphatic rings. The van der Waals surface area contributed by atoms with Crippen LogP contribution in [0.2, 0.25) is 0 Å². The van der Waals surface area contributed by atoms with Crippen molar-refractivity contribution >= 4 is 10.0 Å². The first-order chi connectivity index (χ1) is 8.55. The number of aryl methyl sites for hydroxylation is 1. The minimum absolute atomic E-state index is 0.0558. The fraction of sp³-hybridized carbons (Fsp3) is 0.500. The SMILES string of the molecule is Cc1ccccc1S(=O)(=O)N1CCNC(CO)C1. The van der Waals surface area contributed by atoms with E-state index in [1.54, 1.807) is 25.1 Å². The van der Waals surface area contributed by atoms with E-state index in [-0.39, 0.29) is 12.6 Å². The van der Waals surface area contributed by atoms with E-state index in [4.69, 9.17) is 5.11 Å². The fourth-order valence-electron chi connectivity index (χ4n) is 2.12. The molecule has 2 N–H and O–H groups in total. The van der Waals surface area contributed by atoms with Gasteiger partial charge < -0.3 is 10.4 Å². The summed E-state index contributed by atoms with van der Waals surface area (Å²) in [6.07, 6.45) is 0. The van der Waals surface area contributed by atoms with Gasteiger partial charge in [-0.3, -0.25) is 0 Å². The highest BCUT2D eigenvalue weighted by molar-refractivity contribution is 7.89. The Labute approximate surface area is 107 Å². The first-order valence-electron chi connectivity index (χ1n) is 5.95. The third-order valence-electron chi connectivity index (χ3n) is 3.15. The Balaban J connectivity index is 2.29. The molecule has 1 heterocycles. The Morgan fingerprint density at radius 2 is 2.17 bits per heavy atom. The van der Waals surface area contributed by atoms with Crippen LogP contribution in [0.4, 0.5) is 0 Å². The van der Waals surface area contributed by atoms with Gasteiger partial charge in [-0.15, -0.1) is 0 Å². The predicted molar refractivity (Wildman–Crippen MR) is 68.8 cm³/mol. The molecule has 1 aromatic carbocycles. The molecule has 0 spiro atoms. The Kier molecular flexibility index (Phi) is 4.01. The van der Waals surface area contributed by atoms with Crippen molar-refractivity contribution in [2.75, 3.05) is 26.2 Å². The summed E-state index contributed by atoms with van der Waals surface area (Å²) in [6, 6.07) is 6.78. The van der Waals surface area contributed by atoms with Gasteiger partial charge in [0, 0.05) is 25.7 Å². The second-order valence-corrected chi connectivity index (χ2v) is 6.37. The number of piperazine rings is 1. The molecule has 5 nitrogen and oxygen atoms in total. The molecule has 1 aliphatic heterocycles. The first kappa shape index (κ1) is 13.5. The molecule has 1 fully saturated rings. The Hall–Kier alpha value is -0.950. The number of hydrogen-bond acceptors (Lipinski definition) is 4. The van der Waals surface area contributed by atoms with Crippen LogP contribution in [-0.4, -0.2) is 50.1 Å². The maximum atomic E-state index is 12.5. The predicted octanol–water partition coefficient (Wildman–Crippen LogP) is -0.0502. The molecule has 1 unspecified atom stereocenters. The maximum absolute atomic E-state index is 12.5. The summed E-state index contributed by atoms with van der Waals surface area (Å²) >= 11 is 0. The third kappa shape index (κ3) is 2.56. The first-order valence-corrected chi connectivity index (χ1v) is 7.39. The fourth-order valence-corrected chi connectivity index (χ4v) is 3.83. The van der Waals surface area contributed by atoms with Crippen molar-refractivity contribution in [3.05, 3.63) is 29.8 Å². The molecule has 0 radical (unpaired) electrons. The van der Waals surface area contributed by atoms with Crippen molar-refractivity contribution in [2.24, 2.45) is 0 Å². The van der Waals surface area contributed by atoms with Crippen LogP contribution in [0, 0.1) is 6.92 Å². The summed E-state index contributed by atoms with van der Waals surface area (Å²) in [5.74, 6) is 0. The van der Waals surface area contributed by atoms with E-state index in [2.05, 4.69) is 5.32 Å². The minimum Gasteiger partial charge on any atom is -0.395 e. The van der Waals surface area contributed by atoms with Gasteiger partial charge in [-0.05, 0) is 18.6 Å². The Morgan fingerprint density at radius 1 is 1.44 bits per heavy atom. The lowest BCUT2D eigenvalue weighted by Crippen LogP contribution is -2.53. The number of sulfonamides is 1. The minimum atomic E-state index is -3.45. The standard InChI is InChI=1S/C12H18N2O3S/c1-10-4-2-3-5-12(10)18(16,17)14-7-6-13-11(8-14)9-15/h2-5,11,13,15H,6-9H2,1H3. The second kappa shape index (κ2) is 5.36. The molecule has 1 aromatic rings. The molecule has 1 saturated heterocycles. The quantitative estimate of drug-likeness (QED) is 0.808. The molecular formula is C12H18N2O3S. The zero-order valence-electron chi connectivity index (χ0n) is 10.3. The van der Waals surface area contributed by atoms with Crippen molar-refractivity contribution in [1.29, 1.82) is 0 Å². The number of aliphatic hydroxyl groups is 1. The van der Waals surface area contributed by atoms with Gasteiger partial charge in [0.25, 0.3) is 0 Å². The van der Waals surface area contributed by atoms with Crippen LogP contribution in [0.1, 0.15) is 5.56 Å². The van der Waals surface area contributed by atoms with Crippen molar-refractivity contribution in [3.63, 3.8) is 0 Å². The summed E-state index contributed by atoms with van der Waals surface area (Å²) in [6.45, 7) is 3.05. The van der Waals surface area contributed by atoms with E-state index in [0.29, 0.717) is 24.5 Å². The van der Waals surface area contributed by atoms with Gasteiger partial charge in [0.2, 0.25) is 10.0 Å². The zero-order valence-corrected chi connectivity index (χ0v) is 11.2. The smallest absolute Gasteiger partial charge is 0.243 e. The Morgan fingerprint density at radius 3 is 2.83 bits per heavy atom. The van der Waals surface area contributed by atoms with Crippen LogP contribution < -0.4 is 5.32 Å². The van der Waals surface area contributed by atoms with Gasteiger partial charge >= 0.3 is 0 Å². The average Bonchev–Trinajstić information content (AvgIpc) is 2.39. The van der Waals surface area contributed by atoms with E-state index < -0.39 is 10.0 Å². The van der Waals surface area contributed by atoms with E-state index in [0.717, 1.165) is 5.56 Å². The van der Waals surface area contributed by atoms with E-state index >= 15 is 0 Å². The van der Waals surface area contributed by atoms with Crippen molar-refractivity contribution in [2.45, 2.75) is 17.9 Å². The number of aliphatic hydroxyl groups excluding tert-OH is 1. The third-order valence-corrected chi connectivity index (χ3v) is 5.18. The molecule has 6 heteroatoms. The molecule has 1 atom stereocenters. The Bertz CT molecular complexity index is 516. The van der Waals surface area contributed by atoms with E-state index in [1.807, 2.05) is 6.07 Å². The zero-order chi connectivity index (χ0) is 13.2. The lowest BCUT2D eigenvalue weighted by Gasteiger charge is -2.32. The molecule has 0 aromatic heterocycles. The van der Waals surface area contributed by atoms with Gasteiger partial charge in [0.1, 0.15) is 0 Å². The summed E-state index contributed by atoms with van der Waals surface area (Å²) in [4.78, 5) is 0.351. The van der Waals surface area contributed by atoms with E-state index in [1.165, 1.54) is 4.31 Å². The average molecular weight is 270 g/mol. The highest BCUT2D eigenvalue weighted by Gasteiger charge is 2.30. The van der Waals surface area contributed by atoms with Gasteiger partial charge in [-0.25, -0.2) is 8.42 Å². The van der Waals surface area contributed by atoms with Crippen LogP contribution >= 0.6 is 0 Å². The van der Waals surface area contributed by atoms with Crippen molar-refractivity contribution < 1.29 is 13.5 Å². The lowest BCUT2D eigenvalue weighted by atomic mass is 10.2. The molecule has 0 amide bonds. The summed E-state index contributed by atoms with van der Waals surface area (Å²) < 4.78 is 26.4. The highest BCUT2D eigenvalue weighted by Crippen LogP contribution is 2.20. The normalized spacial score (nSPS) is 22.0. The molecule has 100 valence electrons. The van der Waals surface area contributed by atoms with Crippen molar-refractivity contribution in [3.8, 4) is 0 Å². The molecule has 0 saturated carbocycles. The van der Waals surface area contributed by atoms with Crippen LogP contribution in [0.3, 0.4) is 0 Å². The monoisotopic (exact) mass is 270 g/mol. The number of nitrogens with zero attached hydrogens (tertiary/aromatic N) is 1. The molecule has 18 heavy (non-hydrogen) atoms. The van der Waals surface area contributed by atoms with Crippen LogP contribution in [-0.2, 0) is 10.0 Å². The van der Waals surface area contributed by atoms with Gasteiger partial charge in [-0.2, -0.15) is 4.31 Å². The summed E-state index contributed by atoms with van der Waals surface area (Å²) in [5.41, 5.74) is 0.747. The number of benzene rings is 1. The molecular weight excluding hydrogens is 252 g/mol. The van der Waals surface area contributed by atoms with Crippen LogP contribution in [0.15, 0.2) is 29.2 Å². The van der Waals surface area contributed by atoms with Gasteiger partial charge in [-0.1, -0.05) is 18.2 Å². The van der Waals surface area contributed by atoms with Crippen LogP contribution in [0.5, 0.6) is 0 Å². The largest absolute Gasteiger partial charge is 0.395 e. The van der Waals surface area contributed by atoms with Crippen molar-refractivity contribution in [1.82, 2.24) is 9.62 Å². The molecule has 0 aliphatic carbocycles. The van der Waals surface area contributed by atoms with Crippen LogP contribution in [0.25, 0.3) is 0 Å². The lowest BCUT2D eigenvalue weighted by molar-refractivity contribution is 0.195. The summed E-state index contributed by atoms with van der Waals surface area (Å²) in [7, 11) is -3.45. The summed E-state index contributed by atoms with van der Waals surface area (Å²) in [5, 5.41) is 12.2. The number of rotatable bonds is 3. The number of nitrogens with one attached hydrogen (secondary N) is 1. The van der Waals surface area contributed by atoms with E-state index in [9.17, 15) is 8.42 Å². The maximum Gasteiger partial charge on any atom is 0.243 e. The topological polar surface area (TPSA) is 69.6 Å². The molecule has 0 bridgehead atoms. The molecule has 2 rings (SSSR count). The highest BCUT2D eigenvalue weighted by atomic mass is 32.2.